The van der Waals surface area contributed by atoms with Crippen LogP contribution in [0.4, 0.5) is 0 Å². The molecule has 2 aromatic rings. The monoisotopic (exact) mass is 261 g/mol. The van der Waals surface area contributed by atoms with Gasteiger partial charge in [-0.15, -0.1) is 0 Å². The summed E-state index contributed by atoms with van der Waals surface area (Å²) >= 11 is 0. The highest BCUT2D eigenvalue weighted by molar-refractivity contribution is 5.94. The fourth-order valence-corrected chi connectivity index (χ4v) is 2.40. The number of aromatic nitrogens is 1. The Balaban J connectivity index is 2.51. The Morgan fingerprint density at radius 3 is 2.79 bits per heavy atom. The number of aliphatic hydroxyl groups is 1. The number of hydrogen-bond donors (Lipinski definition) is 2. The van der Waals surface area contributed by atoms with Crippen molar-refractivity contribution >= 4 is 16.9 Å². The van der Waals surface area contributed by atoms with Crippen molar-refractivity contribution in [3.63, 3.8) is 0 Å². The van der Waals surface area contributed by atoms with Gasteiger partial charge in [0.2, 0.25) is 0 Å². The van der Waals surface area contributed by atoms with E-state index in [1.807, 2.05) is 10.6 Å². The number of aromatic carboxylic acids is 1. The Morgan fingerprint density at radius 2 is 2.16 bits per heavy atom. The molecular weight excluding hydrogens is 242 g/mol. The first kappa shape index (κ1) is 13.6. The first-order valence-corrected chi connectivity index (χ1v) is 6.63. The summed E-state index contributed by atoms with van der Waals surface area (Å²) in [5, 5.41) is 19.1. The number of fused-ring (bicyclic) bond motifs is 1. The molecule has 19 heavy (non-hydrogen) atoms. The third kappa shape index (κ3) is 2.79. The summed E-state index contributed by atoms with van der Waals surface area (Å²) in [5.41, 5.74) is 2.49. The van der Waals surface area contributed by atoms with Crippen molar-refractivity contribution in [1.29, 1.82) is 0 Å². The van der Waals surface area contributed by atoms with Gasteiger partial charge in [-0.3, -0.25) is 0 Å². The lowest BCUT2D eigenvalue weighted by molar-refractivity contribution is 0.0697. The lowest BCUT2D eigenvalue weighted by Crippen LogP contribution is -2.00. The van der Waals surface area contributed by atoms with Gasteiger partial charge in [-0.2, -0.15) is 0 Å². The predicted octanol–water partition coefficient (Wildman–Crippen LogP) is 2.67. The molecule has 0 aliphatic heterocycles. The summed E-state index contributed by atoms with van der Waals surface area (Å²) in [6.45, 7) is 2.98. The minimum Gasteiger partial charge on any atom is -0.478 e. The number of carbonyl (C=O) groups is 1. The van der Waals surface area contributed by atoms with E-state index < -0.39 is 5.97 Å². The van der Waals surface area contributed by atoms with Gasteiger partial charge in [0.15, 0.2) is 0 Å². The summed E-state index contributed by atoms with van der Waals surface area (Å²) in [7, 11) is 0. The highest BCUT2D eigenvalue weighted by Crippen LogP contribution is 2.24. The predicted molar refractivity (Wildman–Crippen MR) is 74.6 cm³/mol. The molecule has 0 radical (unpaired) electrons. The molecule has 0 aliphatic rings. The molecule has 0 fully saturated rings. The van der Waals surface area contributed by atoms with Crippen molar-refractivity contribution in [3.8, 4) is 0 Å². The zero-order chi connectivity index (χ0) is 13.8. The lowest BCUT2D eigenvalue weighted by Gasteiger charge is -2.04. The topological polar surface area (TPSA) is 62.5 Å². The highest BCUT2D eigenvalue weighted by Gasteiger charge is 2.11. The van der Waals surface area contributed by atoms with Gasteiger partial charge in [-0.05, 0) is 30.5 Å². The zero-order valence-corrected chi connectivity index (χ0v) is 11.1. The number of aliphatic hydroxyl groups excluding tert-OH is 1. The molecule has 102 valence electrons. The van der Waals surface area contributed by atoms with Crippen molar-refractivity contribution in [2.45, 2.75) is 32.7 Å². The van der Waals surface area contributed by atoms with Gasteiger partial charge in [-0.25, -0.2) is 4.79 Å². The van der Waals surface area contributed by atoms with E-state index in [9.17, 15) is 4.79 Å². The third-order valence-corrected chi connectivity index (χ3v) is 3.29. The molecule has 2 N–H and O–H groups in total. The molecule has 0 amide bonds. The summed E-state index contributed by atoms with van der Waals surface area (Å²) in [4.78, 5) is 11.1. The Morgan fingerprint density at radius 1 is 1.37 bits per heavy atom. The van der Waals surface area contributed by atoms with Crippen LogP contribution in [0.5, 0.6) is 0 Å². The van der Waals surface area contributed by atoms with Crippen LogP contribution in [-0.4, -0.2) is 27.4 Å². The van der Waals surface area contributed by atoms with Gasteiger partial charge < -0.3 is 14.8 Å². The standard InChI is InChI=1S/C15H19NO3/c1-2-4-12-10-16(7-3-8-17)14-9-11(15(18)19)5-6-13(12)14/h5-6,9-10,17H,2-4,7-8H2,1H3,(H,18,19). The summed E-state index contributed by atoms with van der Waals surface area (Å²) in [6, 6.07) is 5.26. The molecule has 0 bridgehead atoms. The maximum absolute atomic E-state index is 11.1. The average molecular weight is 261 g/mol. The van der Waals surface area contributed by atoms with E-state index >= 15 is 0 Å². The number of rotatable bonds is 6. The normalized spacial score (nSPS) is 11.1. The van der Waals surface area contributed by atoms with Gasteiger partial charge in [0.05, 0.1) is 5.56 Å². The number of aryl methyl sites for hydroxylation is 2. The smallest absolute Gasteiger partial charge is 0.335 e. The van der Waals surface area contributed by atoms with Crippen molar-refractivity contribution in [1.82, 2.24) is 4.57 Å². The molecule has 1 heterocycles. The van der Waals surface area contributed by atoms with E-state index in [1.165, 1.54) is 5.56 Å². The summed E-state index contributed by atoms with van der Waals surface area (Å²) in [5.74, 6) is -0.908. The molecule has 1 aromatic heterocycles. The molecular formula is C15H19NO3. The fourth-order valence-electron chi connectivity index (χ4n) is 2.40. The minimum atomic E-state index is -0.908. The quantitative estimate of drug-likeness (QED) is 0.840. The van der Waals surface area contributed by atoms with Crippen LogP contribution in [0.2, 0.25) is 0 Å². The van der Waals surface area contributed by atoms with Crippen LogP contribution in [0.25, 0.3) is 10.9 Å². The van der Waals surface area contributed by atoms with Crippen LogP contribution < -0.4 is 0 Å². The molecule has 0 unspecified atom stereocenters. The van der Waals surface area contributed by atoms with Crippen molar-refractivity contribution in [2.24, 2.45) is 0 Å². The van der Waals surface area contributed by atoms with Crippen LogP contribution in [0.15, 0.2) is 24.4 Å². The Labute approximate surface area is 112 Å². The number of carboxylic acids is 1. The molecule has 0 aliphatic carbocycles. The molecule has 4 heteroatoms. The van der Waals surface area contributed by atoms with E-state index in [2.05, 4.69) is 13.1 Å². The second-order valence-corrected chi connectivity index (χ2v) is 4.71. The van der Waals surface area contributed by atoms with E-state index in [1.54, 1.807) is 12.1 Å². The lowest BCUT2D eigenvalue weighted by atomic mass is 10.1. The zero-order valence-electron chi connectivity index (χ0n) is 11.1. The molecule has 0 atom stereocenters. The molecule has 0 saturated heterocycles. The van der Waals surface area contributed by atoms with Crippen LogP contribution in [-0.2, 0) is 13.0 Å². The highest BCUT2D eigenvalue weighted by atomic mass is 16.4. The van der Waals surface area contributed by atoms with Crippen molar-refractivity contribution in [2.75, 3.05) is 6.61 Å². The summed E-state index contributed by atoms with van der Waals surface area (Å²) < 4.78 is 2.04. The minimum absolute atomic E-state index is 0.140. The average Bonchev–Trinajstić information content (AvgIpc) is 2.74. The van der Waals surface area contributed by atoms with E-state index in [0.29, 0.717) is 18.5 Å². The van der Waals surface area contributed by atoms with Crippen molar-refractivity contribution in [3.05, 3.63) is 35.5 Å². The number of benzene rings is 1. The Bertz CT molecular complexity index is 586. The van der Waals surface area contributed by atoms with Gasteiger partial charge in [-0.1, -0.05) is 19.4 Å². The second-order valence-electron chi connectivity index (χ2n) is 4.71. The number of hydrogen-bond acceptors (Lipinski definition) is 2. The van der Waals surface area contributed by atoms with Gasteiger partial charge in [0.25, 0.3) is 0 Å². The van der Waals surface area contributed by atoms with E-state index in [-0.39, 0.29) is 6.61 Å². The Kier molecular flexibility index (Phi) is 4.22. The first-order valence-electron chi connectivity index (χ1n) is 6.63. The molecule has 2 rings (SSSR count). The Hall–Kier alpha value is -1.81. The van der Waals surface area contributed by atoms with Gasteiger partial charge in [0.1, 0.15) is 0 Å². The molecule has 0 saturated carbocycles. The van der Waals surface area contributed by atoms with Crippen LogP contribution in [0, 0.1) is 0 Å². The first-order chi connectivity index (χ1) is 9.17. The molecule has 4 nitrogen and oxygen atoms in total. The van der Waals surface area contributed by atoms with E-state index in [4.69, 9.17) is 10.2 Å². The van der Waals surface area contributed by atoms with Gasteiger partial charge in [0, 0.05) is 30.3 Å². The number of carboxylic acid groups (broad SMARTS) is 1. The van der Waals surface area contributed by atoms with E-state index in [0.717, 1.165) is 23.7 Å². The molecule has 0 spiro atoms. The summed E-state index contributed by atoms with van der Waals surface area (Å²) in [6.07, 6.45) is 4.79. The SMILES string of the molecule is CCCc1cn(CCCO)c2cc(C(=O)O)ccc12. The fraction of sp³-hybridized carbons (Fsp3) is 0.400. The van der Waals surface area contributed by atoms with Crippen LogP contribution in [0.1, 0.15) is 35.7 Å². The third-order valence-electron chi connectivity index (χ3n) is 3.29. The van der Waals surface area contributed by atoms with Crippen LogP contribution >= 0.6 is 0 Å². The maximum Gasteiger partial charge on any atom is 0.335 e. The van der Waals surface area contributed by atoms with Crippen molar-refractivity contribution < 1.29 is 15.0 Å². The molecule has 1 aromatic carbocycles. The van der Waals surface area contributed by atoms with Crippen LogP contribution in [0.3, 0.4) is 0 Å². The number of nitrogens with zero attached hydrogens (tertiary/aromatic N) is 1. The van der Waals surface area contributed by atoms with Gasteiger partial charge >= 0.3 is 5.97 Å². The largest absolute Gasteiger partial charge is 0.478 e. The second kappa shape index (κ2) is 5.89. The maximum atomic E-state index is 11.1.